The molecule has 0 atom stereocenters. The Kier molecular flexibility index (Phi) is 14.6. The van der Waals surface area contributed by atoms with Crippen LogP contribution in [0.3, 0.4) is 0 Å². The first-order valence-corrected chi connectivity index (χ1v) is 12.3. The molecule has 2 heterocycles. The molecule has 0 bridgehead atoms. The van der Waals surface area contributed by atoms with Crippen molar-refractivity contribution in [2.24, 2.45) is 4.74 Å². The zero-order valence-electron chi connectivity index (χ0n) is 19.0. The predicted octanol–water partition coefficient (Wildman–Crippen LogP) is 2.38. The summed E-state index contributed by atoms with van der Waals surface area (Å²) >= 11 is 0. The van der Waals surface area contributed by atoms with Crippen molar-refractivity contribution in [3.8, 4) is 0 Å². The molecular formula is C24H33LiNO4P. The summed E-state index contributed by atoms with van der Waals surface area (Å²) in [5, 5.41) is 2.08. The number of methoxy groups -OCH3 is 1. The van der Waals surface area contributed by atoms with E-state index in [0.717, 1.165) is 37.0 Å². The Labute approximate surface area is 199 Å². The van der Waals surface area contributed by atoms with Crippen LogP contribution in [0.1, 0.15) is 32.6 Å². The van der Waals surface area contributed by atoms with Crippen LogP contribution in [-0.4, -0.2) is 39.6 Å². The maximum absolute atomic E-state index is 11.8. The van der Waals surface area contributed by atoms with Crippen molar-refractivity contribution in [2.75, 3.05) is 33.5 Å². The van der Waals surface area contributed by atoms with Crippen LogP contribution in [0, 0.1) is 6.16 Å². The van der Waals surface area contributed by atoms with Gasteiger partial charge < -0.3 is 14.2 Å². The van der Waals surface area contributed by atoms with Gasteiger partial charge in [0.05, 0.1) is 7.11 Å². The predicted molar refractivity (Wildman–Crippen MR) is 124 cm³/mol. The summed E-state index contributed by atoms with van der Waals surface area (Å²) in [4.78, 5) is 11.8. The zero-order chi connectivity index (χ0) is 21.5. The van der Waals surface area contributed by atoms with Crippen LogP contribution in [0.25, 0.3) is 0 Å². The van der Waals surface area contributed by atoms with Gasteiger partial charge in [0, 0.05) is 26.4 Å². The number of rotatable bonds is 3. The van der Waals surface area contributed by atoms with E-state index in [1.807, 2.05) is 73.7 Å². The molecule has 164 valence electrons. The Morgan fingerprint density at radius 2 is 1.23 bits per heavy atom. The van der Waals surface area contributed by atoms with Crippen molar-refractivity contribution in [1.82, 2.24) is 0 Å². The maximum Gasteiger partial charge on any atom is 1.00 e. The first-order chi connectivity index (χ1) is 14.7. The number of benzene rings is 2. The zero-order valence-corrected chi connectivity index (χ0v) is 19.9. The number of nitrogens with zero attached hydrogens (tertiary/aromatic N) is 1. The monoisotopic (exact) mass is 437 g/mol. The van der Waals surface area contributed by atoms with Gasteiger partial charge in [-0.2, -0.15) is 6.92 Å². The molecule has 1 amide bonds. The minimum Gasteiger partial charge on any atom is -0.451 e. The van der Waals surface area contributed by atoms with Crippen molar-refractivity contribution < 1.29 is 37.9 Å². The van der Waals surface area contributed by atoms with E-state index in [-0.39, 0.29) is 18.9 Å². The molecule has 2 aliphatic heterocycles. The third kappa shape index (κ3) is 9.35. The largest absolute Gasteiger partial charge is 1.00 e. The van der Waals surface area contributed by atoms with Gasteiger partial charge in [-0.1, -0.05) is 67.7 Å². The summed E-state index contributed by atoms with van der Waals surface area (Å²) in [7, 11) is -0.876. The molecular weight excluding hydrogens is 404 g/mol. The van der Waals surface area contributed by atoms with Crippen LogP contribution in [0.2, 0.25) is 0 Å². The molecule has 0 radical (unpaired) electrons. The van der Waals surface area contributed by atoms with Crippen LogP contribution in [0.15, 0.2) is 65.4 Å². The van der Waals surface area contributed by atoms with E-state index in [1.165, 1.54) is 32.8 Å². The Morgan fingerprint density at radius 1 is 0.839 bits per heavy atom. The van der Waals surface area contributed by atoms with Gasteiger partial charge >= 0.3 is 25.0 Å². The molecule has 0 N–H and O–H groups in total. The van der Waals surface area contributed by atoms with E-state index in [1.54, 1.807) is 0 Å². The van der Waals surface area contributed by atoms with Crippen molar-refractivity contribution in [2.45, 2.75) is 32.6 Å². The van der Waals surface area contributed by atoms with Gasteiger partial charge in [0.15, 0.2) is 0 Å². The van der Waals surface area contributed by atoms with Gasteiger partial charge in [0.1, 0.15) is 0 Å². The molecule has 2 aromatic rings. The number of hydrogen-bond donors (Lipinski definition) is 0. The summed E-state index contributed by atoms with van der Waals surface area (Å²) in [5.74, 6) is 0. The molecule has 0 aromatic heterocycles. The topological polar surface area (TPSA) is 57.1 Å². The van der Waals surface area contributed by atoms with E-state index >= 15 is 0 Å². The first kappa shape index (κ1) is 27.7. The third-order valence-corrected chi connectivity index (χ3v) is 8.14. The maximum atomic E-state index is 11.8. The Balaban J connectivity index is 0.000000356. The Hall–Kier alpha value is -1.34. The van der Waals surface area contributed by atoms with Crippen molar-refractivity contribution in [1.29, 1.82) is 0 Å². The van der Waals surface area contributed by atoms with Gasteiger partial charge in [0.25, 0.3) is 0 Å². The van der Waals surface area contributed by atoms with Crippen LogP contribution < -0.4 is 29.5 Å². The van der Waals surface area contributed by atoms with E-state index in [4.69, 9.17) is 14.2 Å². The van der Waals surface area contributed by atoms with Gasteiger partial charge in [-0.25, -0.2) is 9.54 Å². The third-order valence-electron chi connectivity index (χ3n) is 4.74. The Morgan fingerprint density at radius 3 is 1.48 bits per heavy atom. The molecule has 2 aliphatic rings. The number of amides is 1. The van der Waals surface area contributed by atoms with Crippen molar-refractivity contribution in [3.63, 3.8) is 0 Å². The normalized spacial score (nSPS) is 14.8. The number of carbonyl (C=O) groups is 1. The van der Waals surface area contributed by atoms with Crippen LogP contribution in [0.5, 0.6) is 0 Å². The number of ether oxygens (including phenoxy) is 3. The number of carbonyl (C=O) groups excluding carboxylic acids is 1. The molecule has 0 unspecified atom stereocenters. The molecule has 4 rings (SSSR count). The molecule has 0 saturated carbocycles. The van der Waals surface area contributed by atoms with Crippen LogP contribution >= 0.6 is 7.05 Å². The molecule has 0 spiro atoms. The quantitative estimate of drug-likeness (QED) is 0.420. The molecule has 31 heavy (non-hydrogen) atoms. The Bertz CT molecular complexity index is 710. The molecule has 2 fully saturated rings. The molecule has 0 aliphatic carbocycles. The molecule has 5 nitrogen and oxygen atoms in total. The average molecular weight is 437 g/mol. The summed E-state index contributed by atoms with van der Waals surface area (Å²) in [6, 6.07) is 19.8. The minimum atomic E-state index is -2.23. The van der Waals surface area contributed by atoms with Gasteiger partial charge in [-0.3, -0.25) is 6.16 Å². The van der Waals surface area contributed by atoms with Crippen LogP contribution in [-0.2, 0) is 14.2 Å². The van der Waals surface area contributed by atoms with Gasteiger partial charge in [-0.15, -0.1) is 0 Å². The van der Waals surface area contributed by atoms with Gasteiger partial charge in [0.2, 0.25) is 0 Å². The summed E-state index contributed by atoms with van der Waals surface area (Å²) in [6.07, 6.45) is 6.60. The fourth-order valence-corrected chi connectivity index (χ4v) is 5.95. The van der Waals surface area contributed by atoms with Gasteiger partial charge in [-0.05, 0) is 36.3 Å². The second kappa shape index (κ2) is 16.3. The second-order valence-electron chi connectivity index (χ2n) is 6.82. The summed E-state index contributed by atoms with van der Waals surface area (Å²) in [5.41, 5.74) is 0. The fourth-order valence-electron chi connectivity index (χ4n) is 3.12. The standard InChI is InChI=1S/C16H17NO2P.2C4H8O.Li/c1-3-20(17-16(18)19-2,14-10-6-4-7-11-14)15-12-8-5-9-13-15;2*1-2-4-5-3-1;/h3-13H,1-2H3;2*1-4H2;/q-1;;;+1. The average Bonchev–Trinajstić information content (AvgIpc) is 3.58. The van der Waals surface area contributed by atoms with E-state index in [9.17, 15) is 4.79 Å². The number of hydrogen-bond acceptors (Lipinski definition) is 4. The smallest absolute Gasteiger partial charge is 0.451 e. The second-order valence-corrected chi connectivity index (χ2v) is 9.94. The van der Waals surface area contributed by atoms with Crippen molar-refractivity contribution in [3.05, 3.63) is 66.8 Å². The fraction of sp³-hybridized carbons (Fsp3) is 0.417. The summed E-state index contributed by atoms with van der Waals surface area (Å²) < 4.78 is 19.0. The molecule has 2 aromatic carbocycles. The minimum absolute atomic E-state index is 0. The molecule has 7 heteroatoms. The van der Waals surface area contributed by atoms with Crippen molar-refractivity contribution >= 4 is 23.8 Å². The van der Waals surface area contributed by atoms with Crippen LogP contribution in [0.4, 0.5) is 4.79 Å². The van der Waals surface area contributed by atoms with E-state index in [0.29, 0.717) is 0 Å². The SMILES string of the molecule is C1CCOC1.C1CCOC1.C[CH-]P(=NC(=O)OC)(c1ccccc1)c1ccccc1.[Li+]. The molecule has 2 saturated heterocycles. The van der Waals surface area contributed by atoms with E-state index in [2.05, 4.69) is 4.74 Å². The van der Waals surface area contributed by atoms with E-state index < -0.39 is 13.1 Å². The first-order valence-electron chi connectivity index (χ1n) is 10.5. The summed E-state index contributed by atoms with van der Waals surface area (Å²) in [6.45, 7) is 5.94.